The maximum absolute atomic E-state index is 13.6. The Morgan fingerprint density at radius 1 is 0.971 bits per heavy atom. The number of sulfone groups is 1. The first kappa shape index (κ1) is 23.8. The number of nitro benzene ring substituents is 1. The number of nitro groups is 1. The Balaban J connectivity index is 1.95. The molecule has 0 atom stereocenters. The molecule has 0 fully saturated rings. The third-order valence-electron chi connectivity index (χ3n) is 5.38. The van der Waals surface area contributed by atoms with Gasteiger partial charge in [-0.1, -0.05) is 48.0 Å². The van der Waals surface area contributed by atoms with Crippen LogP contribution in [0.4, 0.5) is 5.69 Å². The van der Waals surface area contributed by atoms with E-state index >= 15 is 0 Å². The fraction of sp³-hybridized carbons (Fsp3) is 0.120. The smallest absolute Gasteiger partial charge is 0.351 e. The highest BCUT2D eigenvalue weighted by atomic mass is 32.2. The van der Waals surface area contributed by atoms with Gasteiger partial charge in [-0.3, -0.25) is 10.1 Å². The van der Waals surface area contributed by atoms with Crippen molar-refractivity contribution in [1.29, 1.82) is 0 Å². The highest BCUT2D eigenvalue weighted by molar-refractivity contribution is 7.91. The van der Waals surface area contributed by atoms with Crippen LogP contribution in [0.1, 0.15) is 27.2 Å². The molecular weight excluding hydrogens is 470 g/mol. The Labute approximate surface area is 201 Å². The standard InChI is InChI=1S/C25H21N3O6S/c1-16-13-14-21(17(2)15-16)27-24(34-25(29)20-11-7-8-12-22(20)28(30)31)23(18(3)26-27)35(32,33)19-9-5-4-6-10-19/h4-15H,1-3H3. The van der Waals surface area contributed by atoms with Crippen LogP contribution in [-0.2, 0) is 9.84 Å². The van der Waals surface area contributed by atoms with E-state index in [9.17, 15) is 23.3 Å². The minimum Gasteiger partial charge on any atom is -0.402 e. The second-order valence-electron chi connectivity index (χ2n) is 7.90. The van der Waals surface area contributed by atoms with Gasteiger partial charge in [-0.05, 0) is 50.6 Å². The highest BCUT2D eigenvalue weighted by Gasteiger charge is 2.33. The highest BCUT2D eigenvalue weighted by Crippen LogP contribution is 2.36. The topological polar surface area (TPSA) is 121 Å². The van der Waals surface area contributed by atoms with Gasteiger partial charge >= 0.3 is 5.97 Å². The molecule has 35 heavy (non-hydrogen) atoms. The van der Waals surface area contributed by atoms with Crippen LogP contribution in [0.2, 0.25) is 0 Å². The first-order chi connectivity index (χ1) is 16.6. The molecule has 10 heteroatoms. The molecule has 0 amide bonds. The van der Waals surface area contributed by atoms with Crippen molar-refractivity contribution in [2.45, 2.75) is 30.6 Å². The van der Waals surface area contributed by atoms with E-state index < -0.39 is 26.4 Å². The molecule has 0 radical (unpaired) electrons. The molecule has 1 aromatic heterocycles. The van der Waals surface area contributed by atoms with Gasteiger partial charge in [0.05, 0.1) is 21.2 Å². The number of hydrogen-bond donors (Lipinski definition) is 0. The Bertz CT molecular complexity index is 1560. The molecule has 9 nitrogen and oxygen atoms in total. The van der Waals surface area contributed by atoms with Gasteiger partial charge in [0.25, 0.3) is 5.69 Å². The molecule has 0 aliphatic rings. The summed E-state index contributed by atoms with van der Waals surface area (Å²) in [6.45, 7) is 5.22. The number of ether oxygens (including phenoxy) is 1. The number of hydrogen-bond acceptors (Lipinski definition) is 7. The summed E-state index contributed by atoms with van der Waals surface area (Å²) in [7, 11) is -4.16. The van der Waals surface area contributed by atoms with E-state index in [0.717, 1.165) is 11.1 Å². The maximum Gasteiger partial charge on any atom is 0.351 e. The van der Waals surface area contributed by atoms with Crippen molar-refractivity contribution >= 4 is 21.5 Å². The summed E-state index contributed by atoms with van der Waals surface area (Å²) in [5.74, 6) is -1.42. The number of rotatable bonds is 6. The first-order valence-electron chi connectivity index (χ1n) is 10.5. The van der Waals surface area contributed by atoms with E-state index in [0.29, 0.717) is 5.69 Å². The van der Waals surface area contributed by atoms with Crippen molar-refractivity contribution in [2.24, 2.45) is 0 Å². The zero-order chi connectivity index (χ0) is 25.3. The summed E-state index contributed by atoms with van der Waals surface area (Å²) in [5, 5.41) is 15.8. The summed E-state index contributed by atoms with van der Waals surface area (Å²) < 4.78 is 34.0. The quantitative estimate of drug-likeness (QED) is 0.217. The van der Waals surface area contributed by atoms with E-state index in [2.05, 4.69) is 5.10 Å². The van der Waals surface area contributed by atoms with Crippen LogP contribution in [0, 0.1) is 30.9 Å². The molecule has 0 spiro atoms. The lowest BCUT2D eigenvalue weighted by Gasteiger charge is -2.13. The van der Waals surface area contributed by atoms with Crippen LogP contribution in [0.25, 0.3) is 5.69 Å². The Morgan fingerprint density at radius 3 is 2.29 bits per heavy atom. The van der Waals surface area contributed by atoms with E-state index in [1.807, 2.05) is 26.0 Å². The van der Waals surface area contributed by atoms with Crippen molar-refractivity contribution in [2.75, 3.05) is 0 Å². The number of carbonyl (C=O) groups is 1. The van der Waals surface area contributed by atoms with E-state index in [4.69, 9.17) is 4.74 Å². The number of nitrogens with zero attached hydrogens (tertiary/aromatic N) is 3. The largest absolute Gasteiger partial charge is 0.402 e. The summed E-state index contributed by atoms with van der Waals surface area (Å²) in [6.07, 6.45) is 0. The summed E-state index contributed by atoms with van der Waals surface area (Å²) in [5.41, 5.74) is 1.58. The van der Waals surface area contributed by atoms with Gasteiger partial charge in [-0.25, -0.2) is 13.2 Å². The number of esters is 1. The van der Waals surface area contributed by atoms with Crippen LogP contribution in [0.15, 0.2) is 82.6 Å². The number of carbonyl (C=O) groups excluding carboxylic acids is 1. The SMILES string of the molecule is Cc1ccc(-n2nc(C)c(S(=O)(=O)c3ccccc3)c2OC(=O)c2ccccc2[N+](=O)[O-])c(C)c1. The third-order valence-corrected chi connectivity index (χ3v) is 7.28. The molecule has 0 N–H and O–H groups in total. The van der Waals surface area contributed by atoms with Crippen molar-refractivity contribution in [3.63, 3.8) is 0 Å². The molecule has 0 unspecified atom stereocenters. The molecule has 0 saturated carbocycles. The molecule has 1 heterocycles. The van der Waals surface area contributed by atoms with Crippen LogP contribution < -0.4 is 4.74 Å². The van der Waals surface area contributed by atoms with Crippen molar-refractivity contribution in [3.8, 4) is 11.6 Å². The average molecular weight is 492 g/mol. The van der Waals surface area contributed by atoms with E-state index in [-0.39, 0.29) is 26.9 Å². The Morgan fingerprint density at radius 2 is 1.63 bits per heavy atom. The predicted molar refractivity (Wildman–Crippen MR) is 128 cm³/mol. The predicted octanol–water partition coefficient (Wildman–Crippen LogP) is 4.76. The van der Waals surface area contributed by atoms with E-state index in [1.165, 1.54) is 48.0 Å². The third kappa shape index (κ3) is 4.43. The molecule has 4 rings (SSSR count). The van der Waals surface area contributed by atoms with Gasteiger partial charge in [0.15, 0.2) is 4.90 Å². The minimum absolute atomic E-state index is 0.00808. The van der Waals surface area contributed by atoms with Gasteiger partial charge in [0.2, 0.25) is 15.7 Å². The molecule has 0 aliphatic carbocycles. The van der Waals surface area contributed by atoms with Crippen molar-refractivity contribution in [1.82, 2.24) is 9.78 Å². The fourth-order valence-electron chi connectivity index (χ4n) is 3.76. The van der Waals surface area contributed by atoms with Gasteiger partial charge in [0, 0.05) is 6.07 Å². The van der Waals surface area contributed by atoms with Gasteiger partial charge in [-0.15, -0.1) is 0 Å². The second-order valence-corrected chi connectivity index (χ2v) is 9.79. The number of benzene rings is 3. The van der Waals surface area contributed by atoms with Crippen LogP contribution >= 0.6 is 0 Å². The first-order valence-corrected chi connectivity index (χ1v) is 12.0. The van der Waals surface area contributed by atoms with Gasteiger partial charge in [-0.2, -0.15) is 9.78 Å². The number of aromatic nitrogens is 2. The Kier molecular flexibility index (Phi) is 6.23. The molecular formula is C25H21N3O6S. The normalized spacial score (nSPS) is 11.3. The van der Waals surface area contributed by atoms with Crippen molar-refractivity contribution in [3.05, 3.63) is 105 Å². The zero-order valence-electron chi connectivity index (χ0n) is 19.1. The van der Waals surface area contributed by atoms with E-state index in [1.54, 1.807) is 24.3 Å². The monoisotopic (exact) mass is 491 g/mol. The summed E-state index contributed by atoms with van der Waals surface area (Å²) >= 11 is 0. The number of aryl methyl sites for hydroxylation is 3. The summed E-state index contributed by atoms with van der Waals surface area (Å²) in [6, 6.07) is 18.4. The fourth-order valence-corrected chi connectivity index (χ4v) is 5.30. The van der Waals surface area contributed by atoms with Crippen LogP contribution in [0.3, 0.4) is 0 Å². The molecule has 0 saturated heterocycles. The van der Waals surface area contributed by atoms with Crippen LogP contribution in [-0.4, -0.2) is 29.1 Å². The average Bonchev–Trinajstić information content (AvgIpc) is 3.15. The van der Waals surface area contributed by atoms with Gasteiger partial charge < -0.3 is 4.74 Å². The number of para-hydroxylation sites is 1. The molecule has 4 aromatic rings. The maximum atomic E-state index is 13.6. The lowest BCUT2D eigenvalue weighted by Crippen LogP contribution is -2.16. The van der Waals surface area contributed by atoms with Gasteiger partial charge in [0.1, 0.15) is 5.56 Å². The molecule has 0 aliphatic heterocycles. The minimum atomic E-state index is -4.16. The molecule has 3 aromatic carbocycles. The molecule has 0 bridgehead atoms. The lowest BCUT2D eigenvalue weighted by atomic mass is 10.1. The Hall–Kier alpha value is -4.31. The second kappa shape index (κ2) is 9.15. The summed E-state index contributed by atoms with van der Waals surface area (Å²) in [4.78, 5) is 23.6. The van der Waals surface area contributed by atoms with Crippen LogP contribution in [0.5, 0.6) is 5.88 Å². The van der Waals surface area contributed by atoms with Crippen molar-refractivity contribution < 1.29 is 22.9 Å². The zero-order valence-corrected chi connectivity index (χ0v) is 19.9. The molecule has 178 valence electrons. The lowest BCUT2D eigenvalue weighted by molar-refractivity contribution is -0.385.